The zero-order chi connectivity index (χ0) is 9.05. The van der Waals surface area contributed by atoms with E-state index >= 15 is 0 Å². The van der Waals surface area contributed by atoms with Crippen LogP contribution in [0, 0.1) is 0 Å². The quantitative estimate of drug-likeness (QED) is 0.590. The second-order valence-electron chi connectivity index (χ2n) is 3.82. The lowest BCUT2D eigenvalue weighted by atomic mass is 10.00. The van der Waals surface area contributed by atoms with E-state index < -0.39 is 0 Å². The van der Waals surface area contributed by atoms with Gasteiger partial charge in [0, 0.05) is 18.8 Å². The number of fused-ring (bicyclic) bond motifs is 2. The van der Waals surface area contributed by atoms with Gasteiger partial charge in [-0.05, 0) is 18.9 Å². The summed E-state index contributed by atoms with van der Waals surface area (Å²) in [5.41, 5.74) is 0.959. The topological polar surface area (TPSA) is 33.2 Å². The van der Waals surface area contributed by atoms with E-state index in [4.69, 9.17) is 0 Å². The van der Waals surface area contributed by atoms with Gasteiger partial charge in [0.15, 0.2) is 0 Å². The first kappa shape index (κ1) is 7.06. The molecule has 3 rings (SSSR count). The molecule has 66 valence electrons. The molecule has 13 heavy (non-hydrogen) atoms. The Bertz CT molecular complexity index is 396. The highest BCUT2D eigenvalue weighted by atomic mass is 16.2. The third kappa shape index (κ3) is 0.658. The van der Waals surface area contributed by atoms with Gasteiger partial charge < -0.3 is 0 Å². The van der Waals surface area contributed by atoms with Crippen molar-refractivity contribution in [1.29, 1.82) is 0 Å². The highest BCUT2D eigenvalue weighted by Gasteiger charge is 2.58. The lowest BCUT2D eigenvalue weighted by Crippen LogP contribution is -2.28. The van der Waals surface area contributed by atoms with Crippen molar-refractivity contribution in [3.05, 3.63) is 23.9 Å². The molecular weight excluding hydrogens is 164 g/mol. The summed E-state index contributed by atoms with van der Waals surface area (Å²) < 4.78 is 0. The fraction of sp³-hybridized carbons (Fsp3) is 0.400. The monoisotopic (exact) mass is 174 g/mol. The van der Waals surface area contributed by atoms with Crippen LogP contribution in [-0.2, 0) is 10.2 Å². The lowest BCUT2D eigenvalue weighted by Gasteiger charge is -2.08. The van der Waals surface area contributed by atoms with Gasteiger partial charge in [-0.15, -0.1) is 0 Å². The number of nitrogens with zero attached hydrogens (tertiary/aromatic N) is 2. The van der Waals surface area contributed by atoms with Crippen LogP contribution >= 0.6 is 0 Å². The van der Waals surface area contributed by atoms with Crippen LogP contribution in [-0.4, -0.2) is 17.9 Å². The van der Waals surface area contributed by atoms with Gasteiger partial charge in [0.25, 0.3) is 0 Å². The number of carbonyl (C=O) groups is 1. The third-order valence-corrected chi connectivity index (χ3v) is 3.08. The molecule has 2 aliphatic rings. The minimum absolute atomic E-state index is 0.168. The Hall–Kier alpha value is -1.38. The Morgan fingerprint density at radius 2 is 2.31 bits per heavy atom. The van der Waals surface area contributed by atoms with Gasteiger partial charge >= 0.3 is 0 Å². The average Bonchev–Trinajstić information content (AvgIpc) is 2.93. The molecule has 1 aliphatic heterocycles. The summed E-state index contributed by atoms with van der Waals surface area (Å²) in [6.45, 7) is 0. The minimum atomic E-state index is -0.168. The molecule has 0 atom stereocenters. The Morgan fingerprint density at radius 1 is 1.54 bits per heavy atom. The SMILES string of the molecule is CN1C(=O)C2(CC2)c2cccnc21. The Labute approximate surface area is 76.4 Å². The number of likely N-dealkylation sites (N-methyl/N-ethyl adjacent to an activating group) is 1. The van der Waals surface area contributed by atoms with E-state index in [2.05, 4.69) is 4.98 Å². The third-order valence-electron chi connectivity index (χ3n) is 3.08. The molecule has 1 spiro atoms. The maximum atomic E-state index is 11.8. The summed E-state index contributed by atoms with van der Waals surface area (Å²) in [5, 5.41) is 0. The molecule has 1 fully saturated rings. The maximum absolute atomic E-state index is 11.8. The first-order valence-electron chi connectivity index (χ1n) is 4.49. The van der Waals surface area contributed by atoms with E-state index in [0.29, 0.717) is 0 Å². The maximum Gasteiger partial charge on any atom is 0.238 e. The van der Waals surface area contributed by atoms with Crippen LogP contribution in [0.25, 0.3) is 0 Å². The summed E-state index contributed by atoms with van der Waals surface area (Å²) >= 11 is 0. The number of hydrogen-bond donors (Lipinski definition) is 0. The van der Waals surface area contributed by atoms with E-state index in [9.17, 15) is 4.79 Å². The molecule has 0 bridgehead atoms. The van der Waals surface area contributed by atoms with Crippen LogP contribution in [0.1, 0.15) is 18.4 Å². The first-order chi connectivity index (χ1) is 6.26. The zero-order valence-corrected chi connectivity index (χ0v) is 7.45. The molecule has 2 heterocycles. The highest BCUT2D eigenvalue weighted by molar-refractivity contribution is 6.08. The smallest absolute Gasteiger partial charge is 0.238 e. The summed E-state index contributed by atoms with van der Waals surface area (Å²) in [7, 11) is 1.81. The molecule has 1 aromatic rings. The largest absolute Gasteiger partial charge is 0.299 e. The van der Waals surface area contributed by atoms with Gasteiger partial charge in [0.05, 0.1) is 5.41 Å². The van der Waals surface area contributed by atoms with Crippen molar-refractivity contribution >= 4 is 11.7 Å². The average molecular weight is 174 g/mol. The van der Waals surface area contributed by atoms with Gasteiger partial charge in [-0.25, -0.2) is 4.98 Å². The van der Waals surface area contributed by atoms with Crippen molar-refractivity contribution in [1.82, 2.24) is 4.98 Å². The Kier molecular flexibility index (Phi) is 1.04. The molecule has 1 saturated carbocycles. The summed E-state index contributed by atoms with van der Waals surface area (Å²) in [6.07, 6.45) is 3.73. The van der Waals surface area contributed by atoms with Crippen molar-refractivity contribution in [2.45, 2.75) is 18.3 Å². The van der Waals surface area contributed by atoms with Crippen LogP contribution in [0.4, 0.5) is 5.82 Å². The molecule has 3 heteroatoms. The number of carbonyl (C=O) groups excluding carboxylic acids is 1. The molecule has 0 radical (unpaired) electrons. The van der Waals surface area contributed by atoms with Gasteiger partial charge in [0.1, 0.15) is 5.82 Å². The van der Waals surface area contributed by atoms with Gasteiger partial charge in [-0.3, -0.25) is 9.69 Å². The Morgan fingerprint density at radius 3 is 3.00 bits per heavy atom. The molecule has 3 nitrogen and oxygen atoms in total. The number of rotatable bonds is 0. The fourth-order valence-electron chi connectivity index (χ4n) is 2.18. The molecule has 1 aliphatic carbocycles. The first-order valence-corrected chi connectivity index (χ1v) is 4.49. The van der Waals surface area contributed by atoms with E-state index in [0.717, 1.165) is 24.2 Å². The summed E-state index contributed by atoms with van der Waals surface area (Å²) in [6, 6.07) is 3.93. The van der Waals surface area contributed by atoms with Gasteiger partial charge in [-0.1, -0.05) is 6.07 Å². The van der Waals surface area contributed by atoms with Crippen molar-refractivity contribution in [2.75, 3.05) is 11.9 Å². The predicted octanol–water partition coefficient (Wildman–Crippen LogP) is 1.09. The minimum Gasteiger partial charge on any atom is -0.299 e. The van der Waals surface area contributed by atoms with Crippen molar-refractivity contribution in [3.8, 4) is 0 Å². The van der Waals surface area contributed by atoms with Crippen molar-refractivity contribution in [3.63, 3.8) is 0 Å². The molecule has 1 aromatic heterocycles. The normalized spacial score (nSPS) is 22.2. The lowest BCUT2D eigenvalue weighted by molar-refractivity contribution is -0.119. The summed E-state index contributed by atoms with van der Waals surface area (Å²) in [5.74, 6) is 1.08. The van der Waals surface area contributed by atoms with Crippen molar-refractivity contribution < 1.29 is 4.79 Å². The van der Waals surface area contributed by atoms with Crippen LogP contribution in [0.15, 0.2) is 18.3 Å². The molecule has 0 unspecified atom stereocenters. The van der Waals surface area contributed by atoms with E-state index in [-0.39, 0.29) is 11.3 Å². The number of anilines is 1. The zero-order valence-electron chi connectivity index (χ0n) is 7.45. The number of aromatic nitrogens is 1. The van der Waals surface area contributed by atoms with E-state index in [1.807, 2.05) is 12.1 Å². The predicted molar refractivity (Wildman–Crippen MR) is 48.6 cm³/mol. The van der Waals surface area contributed by atoms with Gasteiger partial charge in [0.2, 0.25) is 5.91 Å². The second-order valence-corrected chi connectivity index (χ2v) is 3.82. The van der Waals surface area contributed by atoms with E-state index in [1.54, 1.807) is 18.1 Å². The molecule has 0 aromatic carbocycles. The summed E-state index contributed by atoms with van der Waals surface area (Å²) in [4.78, 5) is 17.7. The van der Waals surface area contributed by atoms with Crippen LogP contribution in [0.5, 0.6) is 0 Å². The van der Waals surface area contributed by atoms with Crippen LogP contribution < -0.4 is 4.90 Å². The number of pyridine rings is 1. The standard InChI is InChI=1S/C10H10N2O/c1-12-8-7(3-2-6-11-8)10(4-5-10)9(12)13/h2-3,6H,4-5H2,1H3. The number of amides is 1. The van der Waals surface area contributed by atoms with E-state index in [1.165, 1.54) is 0 Å². The van der Waals surface area contributed by atoms with Gasteiger partial charge in [-0.2, -0.15) is 0 Å². The van der Waals surface area contributed by atoms with Crippen molar-refractivity contribution in [2.24, 2.45) is 0 Å². The molecular formula is C10H10N2O. The molecule has 0 saturated heterocycles. The number of hydrogen-bond acceptors (Lipinski definition) is 2. The highest BCUT2D eigenvalue weighted by Crippen LogP contribution is 2.55. The Balaban J connectivity index is 2.27. The van der Waals surface area contributed by atoms with Crippen LogP contribution in [0.3, 0.4) is 0 Å². The fourth-order valence-corrected chi connectivity index (χ4v) is 2.18. The van der Waals surface area contributed by atoms with Crippen LogP contribution in [0.2, 0.25) is 0 Å². The molecule has 0 N–H and O–H groups in total. The second kappa shape index (κ2) is 1.92. The molecule has 1 amide bonds.